The number of carbonyl (C=O) groups is 1. The first-order valence-corrected chi connectivity index (χ1v) is 6.69. The van der Waals surface area contributed by atoms with E-state index in [0.717, 1.165) is 5.56 Å². The van der Waals surface area contributed by atoms with Gasteiger partial charge in [0.25, 0.3) is 0 Å². The van der Waals surface area contributed by atoms with Gasteiger partial charge in [0, 0.05) is 12.6 Å². The fourth-order valence-corrected chi connectivity index (χ4v) is 2.14. The van der Waals surface area contributed by atoms with E-state index in [2.05, 4.69) is 15.0 Å². The van der Waals surface area contributed by atoms with Gasteiger partial charge >= 0.3 is 5.97 Å². The molecular formula is C14H11Cl2FN2O2. The molecule has 0 bridgehead atoms. The molecule has 1 heterocycles. The number of pyridine rings is 1. The Labute approximate surface area is 130 Å². The van der Waals surface area contributed by atoms with E-state index in [1.165, 1.54) is 25.3 Å². The molecule has 0 atom stereocenters. The van der Waals surface area contributed by atoms with Crippen LogP contribution in [0.3, 0.4) is 0 Å². The molecule has 0 unspecified atom stereocenters. The van der Waals surface area contributed by atoms with Gasteiger partial charge in [-0.15, -0.1) is 0 Å². The van der Waals surface area contributed by atoms with Crippen molar-refractivity contribution in [2.45, 2.75) is 6.54 Å². The lowest BCUT2D eigenvalue weighted by Crippen LogP contribution is -2.08. The third-order valence-corrected chi connectivity index (χ3v) is 3.25. The second-order valence-corrected chi connectivity index (χ2v) is 4.90. The third-order valence-electron chi connectivity index (χ3n) is 2.68. The molecule has 2 aromatic rings. The Morgan fingerprint density at radius 2 is 2.14 bits per heavy atom. The largest absolute Gasteiger partial charge is 0.464 e. The number of hydrogen-bond acceptors (Lipinski definition) is 4. The molecule has 7 heteroatoms. The van der Waals surface area contributed by atoms with Gasteiger partial charge in [-0.2, -0.15) is 0 Å². The average molecular weight is 329 g/mol. The Balaban J connectivity index is 2.24. The Morgan fingerprint density at radius 1 is 1.38 bits per heavy atom. The maximum atomic E-state index is 13.1. The van der Waals surface area contributed by atoms with E-state index < -0.39 is 5.97 Å². The molecule has 0 spiro atoms. The minimum absolute atomic E-state index is 0.0755. The summed E-state index contributed by atoms with van der Waals surface area (Å²) in [6.45, 7) is 0.318. The lowest BCUT2D eigenvalue weighted by Gasteiger charge is -2.11. The number of anilines is 1. The standard InChI is InChI=1S/C14H11Cl2FN2O2/c1-21-14(20)13-12(16)10(6-11(15)19-13)18-7-8-3-2-4-9(17)5-8/h2-6H,7H2,1H3,(H,18,19). The quantitative estimate of drug-likeness (QED) is 0.682. The number of rotatable bonds is 4. The number of halogens is 3. The first-order chi connectivity index (χ1) is 10.0. The summed E-state index contributed by atoms with van der Waals surface area (Å²) in [4.78, 5) is 15.4. The Bertz CT molecular complexity index is 680. The van der Waals surface area contributed by atoms with Crippen LogP contribution >= 0.6 is 23.2 Å². The van der Waals surface area contributed by atoms with E-state index in [9.17, 15) is 9.18 Å². The summed E-state index contributed by atoms with van der Waals surface area (Å²) in [5.74, 6) is -1.01. The number of nitrogens with one attached hydrogen (secondary N) is 1. The highest BCUT2D eigenvalue weighted by atomic mass is 35.5. The minimum Gasteiger partial charge on any atom is -0.464 e. The molecule has 0 amide bonds. The van der Waals surface area contributed by atoms with Gasteiger partial charge in [-0.1, -0.05) is 35.3 Å². The molecule has 0 radical (unpaired) electrons. The van der Waals surface area contributed by atoms with Crippen LogP contribution in [0.2, 0.25) is 10.2 Å². The molecule has 1 aromatic carbocycles. The van der Waals surface area contributed by atoms with E-state index in [1.54, 1.807) is 12.1 Å². The van der Waals surface area contributed by atoms with Gasteiger partial charge in [-0.3, -0.25) is 0 Å². The molecule has 0 aliphatic carbocycles. The average Bonchev–Trinajstić information content (AvgIpc) is 2.47. The number of carbonyl (C=O) groups excluding carboxylic acids is 1. The molecule has 0 fully saturated rings. The Morgan fingerprint density at radius 3 is 2.81 bits per heavy atom. The van der Waals surface area contributed by atoms with Crippen molar-refractivity contribution in [2.24, 2.45) is 0 Å². The molecule has 21 heavy (non-hydrogen) atoms. The highest BCUT2D eigenvalue weighted by Crippen LogP contribution is 2.28. The molecule has 0 aliphatic heterocycles. The van der Waals surface area contributed by atoms with Crippen LogP contribution in [-0.2, 0) is 11.3 Å². The number of aromatic nitrogens is 1. The molecular weight excluding hydrogens is 318 g/mol. The lowest BCUT2D eigenvalue weighted by molar-refractivity contribution is 0.0594. The van der Waals surface area contributed by atoms with Crippen LogP contribution < -0.4 is 5.32 Å². The zero-order valence-corrected chi connectivity index (χ0v) is 12.5. The maximum Gasteiger partial charge on any atom is 0.358 e. The van der Waals surface area contributed by atoms with Crippen molar-refractivity contribution in [3.8, 4) is 0 Å². The number of esters is 1. The zero-order valence-electron chi connectivity index (χ0n) is 11.0. The fraction of sp³-hybridized carbons (Fsp3) is 0.143. The number of ether oxygens (including phenoxy) is 1. The van der Waals surface area contributed by atoms with Gasteiger partial charge < -0.3 is 10.1 Å². The second-order valence-electron chi connectivity index (χ2n) is 4.13. The van der Waals surface area contributed by atoms with Crippen LogP contribution in [0.5, 0.6) is 0 Å². The number of nitrogens with zero attached hydrogens (tertiary/aromatic N) is 1. The predicted octanol–water partition coefficient (Wildman–Crippen LogP) is 3.93. The summed E-state index contributed by atoms with van der Waals surface area (Å²) in [6, 6.07) is 7.59. The predicted molar refractivity (Wildman–Crippen MR) is 79.3 cm³/mol. The normalized spacial score (nSPS) is 10.3. The first kappa shape index (κ1) is 15.5. The Kier molecular flexibility index (Phi) is 4.98. The zero-order chi connectivity index (χ0) is 15.4. The van der Waals surface area contributed by atoms with E-state index in [1.807, 2.05) is 0 Å². The third kappa shape index (κ3) is 3.83. The molecule has 0 saturated heterocycles. The molecule has 1 aromatic heterocycles. The van der Waals surface area contributed by atoms with Crippen LogP contribution in [0.1, 0.15) is 16.1 Å². The van der Waals surface area contributed by atoms with Gasteiger partial charge in [0.1, 0.15) is 11.0 Å². The SMILES string of the molecule is COC(=O)c1nc(Cl)cc(NCc2cccc(F)c2)c1Cl. The molecule has 1 N–H and O–H groups in total. The summed E-state index contributed by atoms with van der Waals surface area (Å²) in [7, 11) is 1.22. The fourth-order valence-electron chi connectivity index (χ4n) is 1.70. The van der Waals surface area contributed by atoms with Crippen molar-refractivity contribution < 1.29 is 13.9 Å². The number of benzene rings is 1. The molecule has 0 saturated carbocycles. The van der Waals surface area contributed by atoms with Gasteiger partial charge in [-0.25, -0.2) is 14.2 Å². The summed E-state index contributed by atoms with van der Waals surface area (Å²) in [6.07, 6.45) is 0. The topological polar surface area (TPSA) is 51.2 Å². The minimum atomic E-state index is -0.684. The van der Waals surface area contributed by atoms with Crippen LogP contribution in [-0.4, -0.2) is 18.1 Å². The second kappa shape index (κ2) is 6.74. The summed E-state index contributed by atoms with van der Waals surface area (Å²) >= 11 is 11.9. The van der Waals surface area contributed by atoms with Crippen molar-refractivity contribution in [3.63, 3.8) is 0 Å². The Hall–Kier alpha value is -1.85. The van der Waals surface area contributed by atoms with Crippen LogP contribution in [0, 0.1) is 5.82 Å². The monoisotopic (exact) mass is 328 g/mol. The van der Waals surface area contributed by atoms with E-state index in [0.29, 0.717) is 12.2 Å². The summed E-state index contributed by atoms with van der Waals surface area (Å²) in [5.41, 5.74) is 1.06. The number of hydrogen-bond donors (Lipinski definition) is 1. The van der Waals surface area contributed by atoms with Crippen molar-refractivity contribution in [2.75, 3.05) is 12.4 Å². The van der Waals surface area contributed by atoms with E-state index in [4.69, 9.17) is 23.2 Å². The van der Waals surface area contributed by atoms with Gasteiger partial charge in [0.2, 0.25) is 0 Å². The van der Waals surface area contributed by atoms with Crippen LogP contribution in [0.15, 0.2) is 30.3 Å². The van der Waals surface area contributed by atoms with E-state index >= 15 is 0 Å². The van der Waals surface area contributed by atoms with Crippen LogP contribution in [0.25, 0.3) is 0 Å². The molecule has 0 aliphatic rings. The van der Waals surface area contributed by atoms with Crippen molar-refractivity contribution in [1.82, 2.24) is 4.98 Å². The van der Waals surface area contributed by atoms with Crippen molar-refractivity contribution in [1.29, 1.82) is 0 Å². The highest BCUT2D eigenvalue weighted by Gasteiger charge is 2.17. The smallest absolute Gasteiger partial charge is 0.358 e. The summed E-state index contributed by atoms with van der Waals surface area (Å²) < 4.78 is 17.7. The lowest BCUT2D eigenvalue weighted by atomic mass is 10.2. The van der Waals surface area contributed by atoms with E-state index in [-0.39, 0.29) is 21.7 Å². The van der Waals surface area contributed by atoms with Crippen molar-refractivity contribution in [3.05, 3.63) is 57.6 Å². The van der Waals surface area contributed by atoms with Gasteiger partial charge in [0.05, 0.1) is 17.8 Å². The van der Waals surface area contributed by atoms with Gasteiger partial charge in [-0.05, 0) is 17.7 Å². The molecule has 2 rings (SSSR count). The van der Waals surface area contributed by atoms with Crippen molar-refractivity contribution >= 4 is 34.9 Å². The molecule has 4 nitrogen and oxygen atoms in total. The molecule has 110 valence electrons. The highest BCUT2D eigenvalue weighted by molar-refractivity contribution is 6.37. The number of methoxy groups -OCH3 is 1. The maximum absolute atomic E-state index is 13.1. The summed E-state index contributed by atoms with van der Waals surface area (Å²) in [5, 5.41) is 3.18. The first-order valence-electron chi connectivity index (χ1n) is 5.94. The van der Waals surface area contributed by atoms with Gasteiger partial charge in [0.15, 0.2) is 5.69 Å². The van der Waals surface area contributed by atoms with Crippen LogP contribution in [0.4, 0.5) is 10.1 Å².